The summed E-state index contributed by atoms with van der Waals surface area (Å²) in [5.41, 5.74) is 7.66. The van der Waals surface area contributed by atoms with E-state index >= 15 is 0 Å². The van der Waals surface area contributed by atoms with Gasteiger partial charge in [0.2, 0.25) is 0 Å². The first kappa shape index (κ1) is 12.1. The molecule has 1 aliphatic heterocycles. The van der Waals surface area contributed by atoms with Crippen LogP contribution in [0.2, 0.25) is 0 Å². The van der Waals surface area contributed by atoms with E-state index in [0.29, 0.717) is 13.2 Å². The second-order valence-electron chi connectivity index (χ2n) is 4.34. The number of hydrogen-bond donors (Lipinski definition) is 2. The maximum atomic E-state index is 12.0. The Hall–Kier alpha value is -1.39. The summed E-state index contributed by atoms with van der Waals surface area (Å²) in [6.07, 6.45) is 0.376. The number of carbonyl (C=O) groups is 1. The van der Waals surface area contributed by atoms with Gasteiger partial charge in [0, 0.05) is 12.6 Å². The molecule has 17 heavy (non-hydrogen) atoms. The van der Waals surface area contributed by atoms with Crippen molar-refractivity contribution >= 4 is 5.91 Å². The van der Waals surface area contributed by atoms with Crippen LogP contribution < -0.4 is 11.1 Å². The fourth-order valence-electron chi connectivity index (χ4n) is 1.99. The van der Waals surface area contributed by atoms with Gasteiger partial charge in [-0.25, -0.2) is 0 Å². The number of benzene rings is 1. The van der Waals surface area contributed by atoms with Crippen molar-refractivity contribution in [1.29, 1.82) is 0 Å². The number of amides is 1. The molecule has 1 aliphatic rings. The van der Waals surface area contributed by atoms with Gasteiger partial charge < -0.3 is 15.8 Å². The van der Waals surface area contributed by atoms with Crippen LogP contribution >= 0.6 is 0 Å². The van der Waals surface area contributed by atoms with Gasteiger partial charge in [-0.1, -0.05) is 24.3 Å². The molecule has 1 aromatic rings. The summed E-state index contributed by atoms with van der Waals surface area (Å²) in [6.45, 7) is 2.90. The zero-order valence-electron chi connectivity index (χ0n) is 9.98. The molecule has 1 heterocycles. The van der Waals surface area contributed by atoms with Crippen molar-refractivity contribution < 1.29 is 9.53 Å². The predicted molar refractivity (Wildman–Crippen MR) is 65.5 cm³/mol. The summed E-state index contributed by atoms with van der Waals surface area (Å²) in [5, 5.41) is 2.85. The molecule has 92 valence electrons. The molecule has 0 saturated carbocycles. The lowest BCUT2D eigenvalue weighted by Crippen LogP contribution is -2.42. The van der Waals surface area contributed by atoms with Crippen LogP contribution in [0.5, 0.6) is 0 Å². The molecule has 0 fully saturated rings. The van der Waals surface area contributed by atoms with Gasteiger partial charge >= 0.3 is 0 Å². The SMILES string of the molecule is C[C@@H](CN)NC(=O)C1OCCc2ccccc21. The Morgan fingerprint density at radius 2 is 2.35 bits per heavy atom. The fraction of sp³-hybridized carbons (Fsp3) is 0.462. The van der Waals surface area contributed by atoms with Crippen LogP contribution in [0, 0.1) is 0 Å². The van der Waals surface area contributed by atoms with E-state index in [1.54, 1.807) is 0 Å². The third-order valence-corrected chi connectivity index (χ3v) is 2.97. The quantitative estimate of drug-likeness (QED) is 0.811. The highest BCUT2D eigenvalue weighted by molar-refractivity contribution is 5.83. The Morgan fingerprint density at radius 3 is 3.12 bits per heavy atom. The number of carbonyl (C=O) groups excluding carboxylic acids is 1. The molecule has 0 spiro atoms. The smallest absolute Gasteiger partial charge is 0.254 e. The maximum absolute atomic E-state index is 12.0. The molecule has 1 amide bonds. The molecule has 0 aromatic heterocycles. The second-order valence-corrected chi connectivity index (χ2v) is 4.34. The van der Waals surface area contributed by atoms with Crippen LogP contribution in [-0.4, -0.2) is 25.1 Å². The van der Waals surface area contributed by atoms with Crippen LogP contribution in [0.4, 0.5) is 0 Å². The minimum absolute atomic E-state index is 0.0276. The van der Waals surface area contributed by atoms with E-state index in [0.717, 1.165) is 12.0 Å². The third kappa shape index (κ3) is 2.65. The zero-order valence-corrected chi connectivity index (χ0v) is 9.98. The molecule has 4 nitrogen and oxygen atoms in total. The first-order chi connectivity index (χ1) is 8.22. The van der Waals surface area contributed by atoms with Gasteiger partial charge in [-0.3, -0.25) is 4.79 Å². The highest BCUT2D eigenvalue weighted by Crippen LogP contribution is 2.26. The largest absolute Gasteiger partial charge is 0.363 e. The monoisotopic (exact) mass is 234 g/mol. The molecule has 0 bridgehead atoms. The second kappa shape index (κ2) is 5.29. The van der Waals surface area contributed by atoms with E-state index < -0.39 is 6.10 Å². The van der Waals surface area contributed by atoms with Crippen LogP contribution in [0.3, 0.4) is 0 Å². The molecule has 3 N–H and O–H groups in total. The van der Waals surface area contributed by atoms with E-state index in [1.807, 2.05) is 31.2 Å². The standard InChI is InChI=1S/C13H18N2O2/c1-9(8-14)15-13(16)12-11-5-3-2-4-10(11)6-7-17-12/h2-5,9,12H,6-8,14H2,1H3,(H,15,16)/t9-,12?/m0/s1. The summed E-state index contributed by atoms with van der Waals surface area (Å²) in [5.74, 6) is -0.102. The number of nitrogens with one attached hydrogen (secondary N) is 1. The minimum Gasteiger partial charge on any atom is -0.363 e. The summed E-state index contributed by atoms with van der Waals surface area (Å²) in [6, 6.07) is 7.89. The molecule has 0 aliphatic carbocycles. The maximum Gasteiger partial charge on any atom is 0.254 e. The van der Waals surface area contributed by atoms with E-state index in [9.17, 15) is 4.79 Å². The van der Waals surface area contributed by atoms with Crippen LogP contribution in [0.15, 0.2) is 24.3 Å². The molecule has 0 saturated heterocycles. The average Bonchev–Trinajstić information content (AvgIpc) is 2.37. The first-order valence-corrected chi connectivity index (χ1v) is 5.92. The first-order valence-electron chi connectivity index (χ1n) is 5.92. The van der Waals surface area contributed by atoms with Crippen LogP contribution in [0.1, 0.15) is 24.2 Å². The highest BCUT2D eigenvalue weighted by atomic mass is 16.5. The summed E-state index contributed by atoms with van der Waals surface area (Å²) < 4.78 is 5.56. The molecular formula is C13H18N2O2. The lowest BCUT2D eigenvalue weighted by atomic mass is 9.97. The van der Waals surface area contributed by atoms with Gasteiger partial charge in [0.25, 0.3) is 5.91 Å². The lowest BCUT2D eigenvalue weighted by Gasteiger charge is -2.26. The van der Waals surface area contributed by atoms with Gasteiger partial charge in [-0.2, -0.15) is 0 Å². The van der Waals surface area contributed by atoms with Gasteiger partial charge in [-0.15, -0.1) is 0 Å². The van der Waals surface area contributed by atoms with Gasteiger partial charge in [-0.05, 0) is 24.5 Å². The summed E-state index contributed by atoms with van der Waals surface area (Å²) >= 11 is 0. The zero-order chi connectivity index (χ0) is 12.3. The molecule has 1 unspecified atom stereocenters. The third-order valence-electron chi connectivity index (χ3n) is 2.97. The Bertz CT molecular complexity index is 406. The van der Waals surface area contributed by atoms with E-state index in [4.69, 9.17) is 10.5 Å². The van der Waals surface area contributed by atoms with Crippen molar-refractivity contribution in [3.63, 3.8) is 0 Å². The van der Waals surface area contributed by atoms with E-state index in [1.165, 1.54) is 5.56 Å². The molecule has 4 heteroatoms. The van der Waals surface area contributed by atoms with Crippen molar-refractivity contribution in [3.05, 3.63) is 35.4 Å². The predicted octanol–water partition coefficient (Wildman–Crippen LogP) is 0.764. The van der Waals surface area contributed by atoms with Gasteiger partial charge in [0.1, 0.15) is 0 Å². The fourth-order valence-corrected chi connectivity index (χ4v) is 1.99. The summed E-state index contributed by atoms with van der Waals surface area (Å²) in [4.78, 5) is 12.0. The Kier molecular flexibility index (Phi) is 3.76. The van der Waals surface area contributed by atoms with Crippen molar-refractivity contribution in [1.82, 2.24) is 5.32 Å². The highest BCUT2D eigenvalue weighted by Gasteiger charge is 2.27. The molecule has 1 aromatic carbocycles. The van der Waals surface area contributed by atoms with Crippen molar-refractivity contribution in [2.24, 2.45) is 5.73 Å². The summed E-state index contributed by atoms with van der Waals surface area (Å²) in [7, 11) is 0. The molecular weight excluding hydrogens is 216 g/mol. The van der Waals surface area contributed by atoms with Crippen molar-refractivity contribution in [2.45, 2.75) is 25.5 Å². The average molecular weight is 234 g/mol. The topological polar surface area (TPSA) is 64.3 Å². The van der Waals surface area contributed by atoms with Crippen molar-refractivity contribution in [3.8, 4) is 0 Å². The number of fused-ring (bicyclic) bond motifs is 1. The minimum atomic E-state index is -0.492. The number of rotatable bonds is 3. The number of nitrogens with two attached hydrogens (primary N) is 1. The van der Waals surface area contributed by atoms with E-state index in [-0.39, 0.29) is 11.9 Å². The van der Waals surface area contributed by atoms with E-state index in [2.05, 4.69) is 5.32 Å². The van der Waals surface area contributed by atoms with Gasteiger partial charge in [0.05, 0.1) is 6.61 Å². The molecule has 0 radical (unpaired) electrons. The number of hydrogen-bond acceptors (Lipinski definition) is 3. The number of ether oxygens (including phenoxy) is 1. The van der Waals surface area contributed by atoms with Crippen molar-refractivity contribution in [2.75, 3.05) is 13.2 Å². The Labute approximate surface area is 101 Å². The Morgan fingerprint density at radius 1 is 1.59 bits per heavy atom. The molecule has 2 rings (SSSR count). The Balaban J connectivity index is 2.15. The van der Waals surface area contributed by atoms with Gasteiger partial charge in [0.15, 0.2) is 6.10 Å². The van der Waals surface area contributed by atoms with Crippen LogP contribution in [0.25, 0.3) is 0 Å². The lowest BCUT2D eigenvalue weighted by molar-refractivity contribution is -0.134. The normalized spacial score (nSPS) is 20.5. The van der Waals surface area contributed by atoms with Crippen LogP contribution in [-0.2, 0) is 16.0 Å². The molecule has 2 atom stereocenters.